The van der Waals surface area contributed by atoms with Crippen molar-refractivity contribution in [3.63, 3.8) is 0 Å². The summed E-state index contributed by atoms with van der Waals surface area (Å²) in [7, 11) is 0. The van der Waals surface area contributed by atoms with Crippen LogP contribution in [0.4, 0.5) is 11.6 Å². The standard InChI is InChI=1S/C19H22N4O/c24-18(22-17-8-7-14-4-1-5-15(14)12-17)16-6-2-11-23(13-16)19-20-9-3-10-21-19/h3,7-10,12,16H,1-2,4-6,11,13H2,(H,22,24)/t16-/m1/s1. The molecule has 1 aromatic heterocycles. The molecule has 0 spiro atoms. The Morgan fingerprint density at radius 2 is 1.96 bits per heavy atom. The summed E-state index contributed by atoms with van der Waals surface area (Å²) in [5.74, 6) is 0.803. The lowest BCUT2D eigenvalue weighted by molar-refractivity contribution is -0.120. The predicted molar refractivity (Wildman–Crippen MR) is 94.1 cm³/mol. The van der Waals surface area contributed by atoms with E-state index in [0.717, 1.165) is 37.9 Å². The third kappa shape index (κ3) is 3.11. The van der Waals surface area contributed by atoms with Crippen molar-refractivity contribution in [2.75, 3.05) is 23.3 Å². The lowest BCUT2D eigenvalue weighted by Gasteiger charge is -2.31. The molecule has 2 aliphatic rings. The van der Waals surface area contributed by atoms with E-state index in [0.29, 0.717) is 12.5 Å². The van der Waals surface area contributed by atoms with Crippen molar-refractivity contribution in [3.8, 4) is 0 Å². The molecule has 1 amide bonds. The molecule has 124 valence electrons. The van der Waals surface area contributed by atoms with Gasteiger partial charge in [-0.15, -0.1) is 0 Å². The maximum Gasteiger partial charge on any atom is 0.229 e. The monoisotopic (exact) mass is 322 g/mol. The number of benzene rings is 1. The molecule has 1 aliphatic heterocycles. The van der Waals surface area contributed by atoms with Gasteiger partial charge in [0.05, 0.1) is 5.92 Å². The van der Waals surface area contributed by atoms with Crippen molar-refractivity contribution in [2.45, 2.75) is 32.1 Å². The van der Waals surface area contributed by atoms with Crippen LogP contribution in [0.15, 0.2) is 36.7 Å². The maximum atomic E-state index is 12.7. The molecule has 5 heteroatoms. The number of piperidine rings is 1. The highest BCUT2D eigenvalue weighted by Crippen LogP contribution is 2.26. The molecule has 0 saturated carbocycles. The summed E-state index contributed by atoms with van der Waals surface area (Å²) in [5.41, 5.74) is 3.74. The summed E-state index contributed by atoms with van der Waals surface area (Å²) in [6.07, 6.45) is 8.91. The molecule has 1 N–H and O–H groups in total. The van der Waals surface area contributed by atoms with Gasteiger partial charge < -0.3 is 10.2 Å². The van der Waals surface area contributed by atoms with Gasteiger partial charge in [-0.3, -0.25) is 4.79 Å². The van der Waals surface area contributed by atoms with Gasteiger partial charge >= 0.3 is 0 Å². The number of aromatic nitrogens is 2. The quantitative estimate of drug-likeness (QED) is 0.944. The summed E-state index contributed by atoms with van der Waals surface area (Å²) in [6, 6.07) is 8.14. The van der Waals surface area contributed by atoms with Gasteiger partial charge in [0.1, 0.15) is 0 Å². The lowest BCUT2D eigenvalue weighted by atomic mass is 9.97. The Hall–Kier alpha value is -2.43. The predicted octanol–water partition coefficient (Wildman–Crippen LogP) is 2.82. The van der Waals surface area contributed by atoms with Gasteiger partial charge in [0, 0.05) is 31.2 Å². The summed E-state index contributed by atoms with van der Waals surface area (Å²) in [6.45, 7) is 1.59. The number of fused-ring (bicyclic) bond motifs is 1. The summed E-state index contributed by atoms with van der Waals surface area (Å²) in [4.78, 5) is 23.4. The molecular formula is C19H22N4O. The Balaban J connectivity index is 1.42. The summed E-state index contributed by atoms with van der Waals surface area (Å²) < 4.78 is 0. The van der Waals surface area contributed by atoms with E-state index in [-0.39, 0.29) is 11.8 Å². The molecular weight excluding hydrogens is 300 g/mol. The van der Waals surface area contributed by atoms with Crippen molar-refractivity contribution in [3.05, 3.63) is 47.8 Å². The first-order valence-corrected chi connectivity index (χ1v) is 8.74. The Morgan fingerprint density at radius 1 is 1.12 bits per heavy atom. The fraction of sp³-hybridized carbons (Fsp3) is 0.421. The molecule has 0 bridgehead atoms. The smallest absolute Gasteiger partial charge is 0.229 e. The van der Waals surface area contributed by atoms with Crippen molar-refractivity contribution < 1.29 is 4.79 Å². The Morgan fingerprint density at radius 3 is 2.83 bits per heavy atom. The van der Waals surface area contributed by atoms with Crippen molar-refractivity contribution in [1.29, 1.82) is 0 Å². The van der Waals surface area contributed by atoms with Crippen LogP contribution in [-0.4, -0.2) is 29.0 Å². The molecule has 1 aromatic carbocycles. The average molecular weight is 322 g/mol. The zero-order valence-corrected chi connectivity index (χ0v) is 13.7. The van der Waals surface area contributed by atoms with Crippen LogP contribution in [-0.2, 0) is 17.6 Å². The number of rotatable bonds is 3. The average Bonchev–Trinajstić information content (AvgIpc) is 3.10. The minimum Gasteiger partial charge on any atom is -0.340 e. The number of carbonyl (C=O) groups excluding carboxylic acids is 1. The molecule has 24 heavy (non-hydrogen) atoms. The van der Waals surface area contributed by atoms with E-state index in [2.05, 4.69) is 32.3 Å². The first-order chi connectivity index (χ1) is 11.8. The molecule has 2 heterocycles. The Labute approximate surface area is 142 Å². The number of nitrogens with one attached hydrogen (secondary N) is 1. The fourth-order valence-electron chi connectivity index (χ4n) is 3.72. The minimum atomic E-state index is -0.0178. The minimum absolute atomic E-state index is 0.0178. The topological polar surface area (TPSA) is 58.1 Å². The number of anilines is 2. The van der Waals surface area contributed by atoms with Gasteiger partial charge in [0.15, 0.2) is 0 Å². The van der Waals surface area contributed by atoms with E-state index in [1.165, 1.54) is 17.5 Å². The summed E-state index contributed by atoms with van der Waals surface area (Å²) in [5, 5.41) is 3.11. The van der Waals surface area contributed by atoms with Gasteiger partial charge in [-0.25, -0.2) is 9.97 Å². The first kappa shape index (κ1) is 15.1. The van der Waals surface area contributed by atoms with Crippen LogP contribution in [0.3, 0.4) is 0 Å². The number of carbonyl (C=O) groups is 1. The van der Waals surface area contributed by atoms with E-state index >= 15 is 0 Å². The van der Waals surface area contributed by atoms with Crippen LogP contribution in [0.2, 0.25) is 0 Å². The van der Waals surface area contributed by atoms with E-state index in [9.17, 15) is 4.79 Å². The zero-order chi connectivity index (χ0) is 16.4. The lowest BCUT2D eigenvalue weighted by Crippen LogP contribution is -2.41. The van der Waals surface area contributed by atoms with E-state index in [1.807, 2.05) is 12.1 Å². The third-order valence-corrected chi connectivity index (χ3v) is 4.99. The molecule has 5 nitrogen and oxygen atoms in total. The van der Waals surface area contributed by atoms with Crippen LogP contribution in [0.5, 0.6) is 0 Å². The second-order valence-corrected chi connectivity index (χ2v) is 6.66. The molecule has 1 saturated heterocycles. The SMILES string of the molecule is O=C(Nc1ccc2c(c1)CCC2)[C@@H]1CCCN(c2ncccn2)C1. The Kier molecular flexibility index (Phi) is 4.15. The fourth-order valence-corrected chi connectivity index (χ4v) is 3.72. The highest BCUT2D eigenvalue weighted by atomic mass is 16.1. The molecule has 2 aromatic rings. The second kappa shape index (κ2) is 6.59. The first-order valence-electron chi connectivity index (χ1n) is 8.74. The van der Waals surface area contributed by atoms with Crippen LogP contribution < -0.4 is 10.2 Å². The van der Waals surface area contributed by atoms with E-state index in [4.69, 9.17) is 0 Å². The number of amides is 1. The van der Waals surface area contributed by atoms with E-state index in [1.54, 1.807) is 12.4 Å². The van der Waals surface area contributed by atoms with Gasteiger partial charge in [-0.2, -0.15) is 0 Å². The highest BCUT2D eigenvalue weighted by Gasteiger charge is 2.27. The van der Waals surface area contributed by atoms with Gasteiger partial charge in [0.2, 0.25) is 11.9 Å². The van der Waals surface area contributed by atoms with Crippen LogP contribution in [0.25, 0.3) is 0 Å². The molecule has 4 rings (SSSR count). The molecule has 1 fully saturated rings. The van der Waals surface area contributed by atoms with Gasteiger partial charge in [-0.1, -0.05) is 6.07 Å². The largest absolute Gasteiger partial charge is 0.340 e. The normalized spacial score (nSPS) is 19.8. The van der Waals surface area contributed by atoms with Crippen LogP contribution >= 0.6 is 0 Å². The highest BCUT2D eigenvalue weighted by molar-refractivity contribution is 5.93. The zero-order valence-electron chi connectivity index (χ0n) is 13.7. The van der Waals surface area contributed by atoms with Crippen molar-refractivity contribution in [1.82, 2.24) is 9.97 Å². The number of hydrogen-bond acceptors (Lipinski definition) is 4. The van der Waals surface area contributed by atoms with Crippen molar-refractivity contribution in [2.24, 2.45) is 5.92 Å². The number of nitrogens with zero attached hydrogens (tertiary/aromatic N) is 3. The van der Waals surface area contributed by atoms with E-state index < -0.39 is 0 Å². The number of hydrogen-bond donors (Lipinski definition) is 1. The van der Waals surface area contributed by atoms with Crippen molar-refractivity contribution >= 4 is 17.5 Å². The summed E-state index contributed by atoms with van der Waals surface area (Å²) >= 11 is 0. The molecule has 1 aliphatic carbocycles. The van der Waals surface area contributed by atoms with Gasteiger partial charge in [0.25, 0.3) is 0 Å². The molecule has 0 radical (unpaired) electrons. The maximum absolute atomic E-state index is 12.7. The van der Waals surface area contributed by atoms with Crippen LogP contribution in [0.1, 0.15) is 30.4 Å². The third-order valence-electron chi connectivity index (χ3n) is 4.99. The van der Waals surface area contributed by atoms with Gasteiger partial charge in [-0.05, 0) is 61.4 Å². The molecule has 0 unspecified atom stereocenters. The Bertz CT molecular complexity index is 731. The number of aryl methyl sites for hydroxylation is 2. The van der Waals surface area contributed by atoms with Crippen LogP contribution in [0, 0.1) is 5.92 Å². The second-order valence-electron chi connectivity index (χ2n) is 6.66. The molecule has 1 atom stereocenters.